The molecule has 2 aromatic heterocycles. The van der Waals surface area contributed by atoms with E-state index in [1.165, 1.54) is 12.1 Å². The van der Waals surface area contributed by atoms with Crippen molar-refractivity contribution in [3.05, 3.63) is 46.5 Å². The zero-order valence-corrected chi connectivity index (χ0v) is 8.38. The molecule has 5 heteroatoms. The van der Waals surface area contributed by atoms with Crippen molar-refractivity contribution in [3.63, 3.8) is 0 Å². The van der Waals surface area contributed by atoms with Crippen LogP contribution in [-0.2, 0) is 13.0 Å². The van der Waals surface area contributed by atoms with Crippen LogP contribution in [0.25, 0.3) is 0 Å². The van der Waals surface area contributed by atoms with Crippen LogP contribution in [0, 0.1) is 0 Å². The van der Waals surface area contributed by atoms with Gasteiger partial charge in [-0.05, 0) is 0 Å². The van der Waals surface area contributed by atoms with Crippen molar-refractivity contribution in [1.82, 2.24) is 14.8 Å². The lowest BCUT2D eigenvalue weighted by Gasteiger charge is -2.00. The van der Waals surface area contributed by atoms with E-state index >= 15 is 0 Å². The van der Waals surface area contributed by atoms with E-state index in [2.05, 4.69) is 10.2 Å². The second-order valence-corrected chi connectivity index (χ2v) is 3.15. The van der Waals surface area contributed by atoms with Gasteiger partial charge in [0.25, 0.3) is 0 Å². The van der Waals surface area contributed by atoms with E-state index < -0.39 is 0 Å². The first-order valence-corrected chi connectivity index (χ1v) is 4.75. The molecule has 0 saturated carbocycles. The lowest BCUT2D eigenvalue weighted by molar-refractivity contribution is 0.442. The molecule has 2 aromatic rings. The minimum Gasteiger partial charge on any atom is -0.423 e. The van der Waals surface area contributed by atoms with Crippen LogP contribution in [0.4, 0.5) is 0 Å². The van der Waals surface area contributed by atoms with Crippen molar-refractivity contribution in [1.29, 1.82) is 0 Å². The number of aromatic nitrogens is 3. The molecule has 0 spiro atoms. The lowest BCUT2D eigenvalue weighted by Crippen LogP contribution is -2.04. The van der Waals surface area contributed by atoms with E-state index in [9.17, 15) is 4.79 Å². The number of pyridine rings is 1. The molecule has 0 aliphatic rings. The Labute approximate surface area is 86.4 Å². The van der Waals surface area contributed by atoms with Gasteiger partial charge in [-0.1, -0.05) is 6.92 Å². The summed E-state index contributed by atoms with van der Waals surface area (Å²) in [6, 6.07) is 2.99. The summed E-state index contributed by atoms with van der Waals surface area (Å²) in [6.45, 7) is 2.45. The molecule has 0 aliphatic heterocycles. The first kappa shape index (κ1) is 9.64. The van der Waals surface area contributed by atoms with Gasteiger partial charge < -0.3 is 8.98 Å². The topological polar surface area (TPSA) is 60.9 Å². The predicted molar refractivity (Wildman–Crippen MR) is 53.5 cm³/mol. The highest BCUT2D eigenvalue weighted by atomic mass is 16.4. The van der Waals surface area contributed by atoms with E-state index in [1.54, 1.807) is 12.4 Å². The average molecular weight is 205 g/mol. The van der Waals surface area contributed by atoms with Gasteiger partial charge in [0.2, 0.25) is 11.8 Å². The van der Waals surface area contributed by atoms with Gasteiger partial charge in [0.05, 0.1) is 0 Å². The van der Waals surface area contributed by atoms with Crippen molar-refractivity contribution in [2.75, 3.05) is 0 Å². The summed E-state index contributed by atoms with van der Waals surface area (Å²) in [5.41, 5.74) is -0.00831. The summed E-state index contributed by atoms with van der Waals surface area (Å²) in [7, 11) is 0. The standard InChI is InChI=1S/C10H11N3O2/c1-2-9-11-12-10(15-9)7-13-5-3-8(14)4-6-13/h3-6H,2,7H2,1H3. The van der Waals surface area contributed by atoms with Gasteiger partial charge in [0, 0.05) is 30.9 Å². The third-order valence-electron chi connectivity index (χ3n) is 1.99. The maximum absolute atomic E-state index is 10.9. The minimum atomic E-state index is -0.00831. The van der Waals surface area contributed by atoms with E-state index in [-0.39, 0.29) is 5.43 Å². The van der Waals surface area contributed by atoms with Gasteiger partial charge in [-0.3, -0.25) is 4.79 Å². The fourth-order valence-corrected chi connectivity index (χ4v) is 1.20. The molecule has 0 unspecified atom stereocenters. The summed E-state index contributed by atoms with van der Waals surface area (Å²) >= 11 is 0. The Morgan fingerprint density at radius 1 is 1.27 bits per heavy atom. The first-order chi connectivity index (χ1) is 7.28. The van der Waals surface area contributed by atoms with Gasteiger partial charge in [0.1, 0.15) is 6.54 Å². The smallest absolute Gasteiger partial charge is 0.236 e. The van der Waals surface area contributed by atoms with E-state index in [4.69, 9.17) is 4.42 Å². The highest BCUT2D eigenvalue weighted by Gasteiger charge is 2.03. The molecule has 5 nitrogen and oxygen atoms in total. The Kier molecular flexibility index (Phi) is 2.62. The number of nitrogens with zero attached hydrogens (tertiary/aromatic N) is 3. The maximum Gasteiger partial charge on any atom is 0.236 e. The van der Waals surface area contributed by atoms with Gasteiger partial charge in [-0.15, -0.1) is 10.2 Å². The van der Waals surface area contributed by atoms with E-state index in [0.717, 1.165) is 6.42 Å². The van der Waals surface area contributed by atoms with Crippen LogP contribution in [0.3, 0.4) is 0 Å². The van der Waals surface area contributed by atoms with Crippen molar-refractivity contribution < 1.29 is 4.42 Å². The van der Waals surface area contributed by atoms with Crippen LogP contribution in [-0.4, -0.2) is 14.8 Å². The monoisotopic (exact) mass is 205 g/mol. The van der Waals surface area contributed by atoms with Crippen molar-refractivity contribution in [3.8, 4) is 0 Å². The molecule has 2 rings (SSSR count). The van der Waals surface area contributed by atoms with Gasteiger partial charge in [0.15, 0.2) is 5.43 Å². The van der Waals surface area contributed by atoms with Gasteiger partial charge in [-0.2, -0.15) is 0 Å². The second-order valence-electron chi connectivity index (χ2n) is 3.15. The molecular formula is C10H11N3O2. The fraction of sp³-hybridized carbons (Fsp3) is 0.300. The zero-order valence-electron chi connectivity index (χ0n) is 8.38. The summed E-state index contributed by atoms with van der Waals surface area (Å²) in [5, 5.41) is 7.75. The minimum absolute atomic E-state index is 0.00831. The predicted octanol–water partition coefficient (Wildman–Crippen LogP) is 0.842. The average Bonchev–Trinajstić information content (AvgIpc) is 2.69. The number of rotatable bonds is 3. The Morgan fingerprint density at radius 3 is 2.53 bits per heavy atom. The third kappa shape index (κ3) is 2.31. The van der Waals surface area contributed by atoms with Crippen LogP contribution < -0.4 is 5.43 Å². The molecule has 0 amide bonds. The van der Waals surface area contributed by atoms with Gasteiger partial charge >= 0.3 is 0 Å². The van der Waals surface area contributed by atoms with Gasteiger partial charge in [-0.25, -0.2) is 0 Å². The van der Waals surface area contributed by atoms with Crippen molar-refractivity contribution in [2.45, 2.75) is 19.9 Å². The first-order valence-electron chi connectivity index (χ1n) is 4.75. The Balaban J connectivity index is 2.14. The van der Waals surface area contributed by atoms with E-state index in [1.807, 2.05) is 11.5 Å². The van der Waals surface area contributed by atoms with Crippen LogP contribution >= 0.6 is 0 Å². The van der Waals surface area contributed by atoms with Crippen LogP contribution in [0.15, 0.2) is 33.7 Å². The highest BCUT2D eigenvalue weighted by Crippen LogP contribution is 2.02. The lowest BCUT2D eigenvalue weighted by atomic mass is 10.4. The molecule has 0 aliphatic carbocycles. The van der Waals surface area contributed by atoms with Crippen molar-refractivity contribution in [2.24, 2.45) is 0 Å². The third-order valence-corrected chi connectivity index (χ3v) is 1.99. The van der Waals surface area contributed by atoms with Crippen LogP contribution in [0.2, 0.25) is 0 Å². The van der Waals surface area contributed by atoms with Crippen LogP contribution in [0.5, 0.6) is 0 Å². The molecule has 0 saturated heterocycles. The number of hydrogen-bond acceptors (Lipinski definition) is 4. The van der Waals surface area contributed by atoms with Crippen LogP contribution in [0.1, 0.15) is 18.7 Å². The summed E-state index contributed by atoms with van der Waals surface area (Å²) in [6.07, 6.45) is 4.12. The van der Waals surface area contributed by atoms with Crippen molar-refractivity contribution >= 4 is 0 Å². The molecule has 2 heterocycles. The molecular weight excluding hydrogens is 194 g/mol. The number of hydrogen-bond donors (Lipinski definition) is 0. The normalized spacial score (nSPS) is 10.5. The largest absolute Gasteiger partial charge is 0.423 e. The molecule has 78 valence electrons. The summed E-state index contributed by atoms with van der Waals surface area (Å²) < 4.78 is 7.16. The Morgan fingerprint density at radius 2 is 1.93 bits per heavy atom. The molecule has 0 fully saturated rings. The molecule has 0 radical (unpaired) electrons. The summed E-state index contributed by atoms with van der Waals surface area (Å²) in [4.78, 5) is 10.9. The van der Waals surface area contributed by atoms with E-state index in [0.29, 0.717) is 18.3 Å². The molecule has 0 atom stereocenters. The molecule has 0 bridgehead atoms. The second kappa shape index (κ2) is 4.08. The summed E-state index contributed by atoms with van der Waals surface area (Å²) in [5.74, 6) is 1.18. The quantitative estimate of drug-likeness (QED) is 0.745. The Bertz CT molecular complexity index is 481. The maximum atomic E-state index is 10.9. The Hall–Kier alpha value is -1.91. The molecule has 0 aromatic carbocycles. The zero-order chi connectivity index (χ0) is 10.7. The molecule has 0 N–H and O–H groups in total. The SMILES string of the molecule is CCc1nnc(Cn2ccc(=O)cc2)o1. The highest BCUT2D eigenvalue weighted by molar-refractivity contribution is 4.95. The molecule has 15 heavy (non-hydrogen) atoms. The fourth-order valence-electron chi connectivity index (χ4n) is 1.20. The number of aryl methyl sites for hydroxylation is 1.